The summed E-state index contributed by atoms with van der Waals surface area (Å²) in [7, 11) is 3.60. The minimum Gasteiger partial charge on any atom is -0.450 e. The van der Waals surface area contributed by atoms with Gasteiger partial charge in [-0.25, -0.2) is 14.6 Å². The highest BCUT2D eigenvalue weighted by Crippen LogP contribution is 2.36. The van der Waals surface area contributed by atoms with Crippen molar-refractivity contribution in [1.29, 1.82) is 0 Å². The highest BCUT2D eigenvalue weighted by Gasteiger charge is 2.52. The number of aliphatic hydroxyl groups is 1. The van der Waals surface area contributed by atoms with Gasteiger partial charge in [-0.05, 0) is 20.8 Å². The van der Waals surface area contributed by atoms with Crippen molar-refractivity contribution in [1.82, 2.24) is 14.5 Å². The Kier molecular flexibility index (Phi) is 4.69. The number of hydrogen-bond acceptors (Lipinski definition) is 6. The molecule has 0 aromatic carbocycles. The van der Waals surface area contributed by atoms with E-state index in [2.05, 4.69) is 9.51 Å². The molecule has 0 radical (unpaired) electrons. The maximum atomic E-state index is 12.4. The van der Waals surface area contributed by atoms with Gasteiger partial charge in [0.1, 0.15) is 23.1 Å². The average Bonchev–Trinajstić information content (AvgIpc) is 3.01. The molecule has 2 unspecified atom stereocenters. The molecule has 1 saturated heterocycles. The van der Waals surface area contributed by atoms with Crippen LogP contribution in [0.5, 0.6) is 0 Å². The predicted molar refractivity (Wildman–Crippen MR) is 84.3 cm³/mol. The molecule has 1 aromatic heterocycles. The Balaban J connectivity index is 2.31. The fourth-order valence-electron chi connectivity index (χ4n) is 2.66. The maximum absolute atomic E-state index is 12.4. The molecule has 1 aliphatic heterocycles. The number of hydrogen-bond donors (Lipinski definition) is 1. The molecule has 1 amide bonds. The lowest BCUT2D eigenvalue weighted by atomic mass is 9.99. The number of aryl methyl sites for hydroxylation is 1. The number of nitrogens with zero attached hydrogens (tertiary/aromatic N) is 3. The normalized spacial score (nSPS) is 24.6. The second kappa shape index (κ2) is 6.09. The predicted octanol–water partition coefficient (Wildman–Crippen LogP) is 0.950. The summed E-state index contributed by atoms with van der Waals surface area (Å²) in [4.78, 5) is 29.7. The zero-order valence-electron chi connectivity index (χ0n) is 13.6. The van der Waals surface area contributed by atoms with E-state index < -0.39 is 29.3 Å². The number of rotatable bonds is 2. The van der Waals surface area contributed by atoms with E-state index in [1.807, 2.05) is 9.47 Å². The van der Waals surface area contributed by atoms with Crippen LogP contribution in [-0.4, -0.2) is 49.8 Å². The summed E-state index contributed by atoms with van der Waals surface area (Å²) in [6, 6.07) is -0.941. The Morgan fingerprint density at radius 1 is 1.48 bits per heavy atom. The zero-order valence-corrected chi connectivity index (χ0v) is 14.8. The number of carbonyl (C=O) groups excluding carboxylic acids is 2. The van der Waals surface area contributed by atoms with Crippen LogP contribution in [0.3, 0.4) is 0 Å². The van der Waals surface area contributed by atoms with Crippen LogP contribution in [0.25, 0.3) is 0 Å². The molecule has 0 saturated carbocycles. The van der Waals surface area contributed by atoms with E-state index in [0.717, 1.165) is 0 Å². The van der Waals surface area contributed by atoms with Crippen molar-refractivity contribution < 1.29 is 24.0 Å². The summed E-state index contributed by atoms with van der Waals surface area (Å²) < 4.78 is 11.7. The van der Waals surface area contributed by atoms with E-state index >= 15 is 0 Å². The van der Waals surface area contributed by atoms with Crippen molar-refractivity contribution in [2.75, 3.05) is 6.54 Å². The molecule has 0 spiro atoms. The summed E-state index contributed by atoms with van der Waals surface area (Å²) >= 11 is 0. The maximum Gasteiger partial charge on any atom is 0.411 e. The molecule has 2 rings (SSSR count). The molecule has 1 N–H and O–H groups in total. The Morgan fingerprint density at radius 2 is 2.13 bits per heavy atom. The van der Waals surface area contributed by atoms with Gasteiger partial charge < -0.3 is 18.9 Å². The standard InChI is InChI=1S/C14H22N3O5P/c1-13(2,3)21-12(19)17-8-14(20,7-9(17)10(18)22-23)11-15-5-6-16(11)4/h5-6,9,20H,7-8,23H2,1-4H3/t9?,14-/m0/s1. The first kappa shape index (κ1) is 17.7. The molecule has 2 heterocycles. The monoisotopic (exact) mass is 343 g/mol. The number of aromatic nitrogens is 2. The summed E-state index contributed by atoms with van der Waals surface area (Å²) in [5, 5.41) is 10.9. The fourth-order valence-corrected chi connectivity index (χ4v) is 2.82. The average molecular weight is 343 g/mol. The van der Waals surface area contributed by atoms with Crippen molar-refractivity contribution in [3.8, 4) is 0 Å². The minimum atomic E-state index is -1.45. The second-order valence-electron chi connectivity index (χ2n) is 6.66. The first-order valence-corrected chi connectivity index (χ1v) is 7.65. The third kappa shape index (κ3) is 3.64. The molecule has 0 aliphatic carbocycles. The first-order valence-electron chi connectivity index (χ1n) is 7.18. The van der Waals surface area contributed by atoms with Crippen LogP contribution in [0.4, 0.5) is 4.79 Å². The Labute approximate surface area is 137 Å². The van der Waals surface area contributed by atoms with Gasteiger partial charge in [0.25, 0.3) is 0 Å². The molecule has 23 heavy (non-hydrogen) atoms. The topological polar surface area (TPSA) is 93.9 Å². The molecule has 128 valence electrons. The van der Waals surface area contributed by atoms with E-state index in [-0.39, 0.29) is 13.0 Å². The van der Waals surface area contributed by atoms with Crippen LogP contribution in [-0.2, 0) is 26.7 Å². The largest absolute Gasteiger partial charge is 0.450 e. The highest BCUT2D eigenvalue weighted by molar-refractivity contribution is 7.10. The van der Waals surface area contributed by atoms with Crippen LogP contribution < -0.4 is 0 Å². The SMILES string of the molecule is Cn1ccnc1[C@]1(O)CC(C(=O)OP)N(C(=O)OC(C)(C)C)C1. The molecule has 1 aliphatic rings. The zero-order chi connectivity index (χ0) is 17.4. The number of likely N-dealkylation sites (tertiary alicyclic amines) is 1. The summed E-state index contributed by atoms with van der Waals surface area (Å²) in [6.07, 6.45) is 2.55. The Bertz CT molecular complexity index is 612. The van der Waals surface area contributed by atoms with Gasteiger partial charge in [0.2, 0.25) is 0 Å². The summed E-state index contributed by atoms with van der Waals surface area (Å²) in [5.41, 5.74) is -2.16. The molecule has 0 bridgehead atoms. The van der Waals surface area contributed by atoms with Crippen molar-refractivity contribution in [3.63, 3.8) is 0 Å². The second-order valence-corrected chi connectivity index (χ2v) is 6.89. The van der Waals surface area contributed by atoms with Gasteiger partial charge in [0.15, 0.2) is 0 Å². The van der Waals surface area contributed by atoms with Crippen molar-refractivity contribution in [2.45, 2.75) is 44.4 Å². The number of β-amino-alcohol motifs (C(OH)–C–C–N with tert-alkyl or cyclic N) is 1. The van der Waals surface area contributed by atoms with E-state index in [9.17, 15) is 14.7 Å². The molecule has 8 nitrogen and oxygen atoms in total. The molecule has 1 aromatic rings. The summed E-state index contributed by atoms with van der Waals surface area (Å²) in [6.45, 7) is 5.09. The quantitative estimate of drug-likeness (QED) is 0.804. The first-order chi connectivity index (χ1) is 10.6. The van der Waals surface area contributed by atoms with Gasteiger partial charge in [-0.15, -0.1) is 0 Å². The van der Waals surface area contributed by atoms with Gasteiger partial charge in [-0.1, -0.05) is 0 Å². The lowest BCUT2D eigenvalue weighted by Gasteiger charge is -2.27. The van der Waals surface area contributed by atoms with Crippen molar-refractivity contribution in [2.24, 2.45) is 7.05 Å². The number of carbonyl (C=O) groups is 2. The number of amides is 1. The van der Waals surface area contributed by atoms with Crippen molar-refractivity contribution in [3.05, 3.63) is 18.2 Å². The molecule has 3 atom stereocenters. The van der Waals surface area contributed by atoms with Gasteiger partial charge in [0, 0.05) is 25.9 Å². The van der Waals surface area contributed by atoms with Gasteiger partial charge >= 0.3 is 12.1 Å². The molecular formula is C14H22N3O5P. The third-order valence-electron chi connectivity index (χ3n) is 3.59. The lowest BCUT2D eigenvalue weighted by molar-refractivity contribution is -0.138. The van der Waals surface area contributed by atoms with E-state index in [1.54, 1.807) is 44.8 Å². The molecule has 9 heteroatoms. The van der Waals surface area contributed by atoms with Crippen LogP contribution in [0.1, 0.15) is 33.0 Å². The van der Waals surface area contributed by atoms with Crippen molar-refractivity contribution >= 4 is 21.5 Å². The van der Waals surface area contributed by atoms with E-state index in [0.29, 0.717) is 5.82 Å². The van der Waals surface area contributed by atoms with Crippen LogP contribution in [0.15, 0.2) is 12.4 Å². The van der Waals surface area contributed by atoms with Gasteiger partial charge in [0.05, 0.1) is 16.0 Å². The molecular weight excluding hydrogens is 321 g/mol. The van der Waals surface area contributed by atoms with Crippen LogP contribution in [0, 0.1) is 0 Å². The van der Waals surface area contributed by atoms with Crippen LogP contribution in [0.2, 0.25) is 0 Å². The molecule has 1 fully saturated rings. The van der Waals surface area contributed by atoms with E-state index in [1.165, 1.54) is 4.90 Å². The summed E-state index contributed by atoms with van der Waals surface area (Å²) in [5.74, 6) is -0.254. The smallest absolute Gasteiger partial charge is 0.411 e. The lowest BCUT2D eigenvalue weighted by Crippen LogP contribution is -2.44. The van der Waals surface area contributed by atoms with Crippen LogP contribution >= 0.6 is 9.47 Å². The minimum absolute atomic E-state index is 0.00959. The van der Waals surface area contributed by atoms with E-state index in [4.69, 9.17) is 4.74 Å². The Hall–Kier alpha value is -1.66. The number of imidazole rings is 1. The number of ether oxygens (including phenoxy) is 1. The Morgan fingerprint density at radius 3 is 2.61 bits per heavy atom. The van der Waals surface area contributed by atoms with Gasteiger partial charge in [-0.3, -0.25) is 4.90 Å². The fraction of sp³-hybridized carbons (Fsp3) is 0.643. The van der Waals surface area contributed by atoms with Gasteiger partial charge in [-0.2, -0.15) is 0 Å². The third-order valence-corrected chi connectivity index (χ3v) is 3.83. The highest BCUT2D eigenvalue weighted by atomic mass is 31.0.